The quantitative estimate of drug-likeness (QED) is 0.452. The molecule has 0 saturated carbocycles. The maximum absolute atomic E-state index is 13.8. The summed E-state index contributed by atoms with van der Waals surface area (Å²) in [5.41, 5.74) is 2.91. The smallest absolute Gasteiger partial charge is 0.277 e. The Hall–Kier alpha value is -2.62. The Kier molecular flexibility index (Phi) is 7.98. The number of halogens is 1. The Labute approximate surface area is 215 Å². The molecule has 0 aliphatic carbocycles. The van der Waals surface area contributed by atoms with Crippen molar-refractivity contribution in [3.8, 4) is 11.4 Å². The molecule has 4 rings (SSSR count). The average Bonchev–Trinajstić information content (AvgIpc) is 3.51. The van der Waals surface area contributed by atoms with Crippen LogP contribution >= 0.6 is 22.9 Å². The topological polar surface area (TPSA) is 75.5 Å². The van der Waals surface area contributed by atoms with E-state index >= 15 is 0 Å². The van der Waals surface area contributed by atoms with Crippen LogP contribution in [0.1, 0.15) is 26.5 Å². The molecule has 2 aromatic heterocycles. The molecule has 3 aromatic rings. The molecule has 1 aromatic carbocycles. The first kappa shape index (κ1) is 25.5. The van der Waals surface area contributed by atoms with E-state index < -0.39 is 0 Å². The molecule has 0 spiro atoms. The molecule has 0 amide bonds. The van der Waals surface area contributed by atoms with E-state index in [0.29, 0.717) is 42.7 Å². The maximum Gasteiger partial charge on any atom is 0.277 e. The first-order valence-electron chi connectivity index (χ1n) is 12.0. The molecule has 1 N–H and O–H groups in total. The zero-order chi connectivity index (χ0) is 25.1. The molecule has 1 fully saturated rings. The Morgan fingerprint density at radius 3 is 2.66 bits per heavy atom. The van der Waals surface area contributed by atoms with Crippen molar-refractivity contribution in [3.63, 3.8) is 0 Å². The largest absolute Gasteiger partial charge is 0.378 e. The van der Waals surface area contributed by atoms with E-state index in [2.05, 4.69) is 15.2 Å². The molecule has 0 radical (unpaired) electrons. The minimum atomic E-state index is -0.0925. The summed E-state index contributed by atoms with van der Waals surface area (Å²) in [6, 6.07) is 5.77. The number of ether oxygens (including phenoxy) is 1. The van der Waals surface area contributed by atoms with Crippen LogP contribution in [0.4, 0.5) is 16.5 Å². The second-order valence-electron chi connectivity index (χ2n) is 8.68. The lowest BCUT2D eigenvalue weighted by Crippen LogP contribution is -2.38. The van der Waals surface area contributed by atoms with Gasteiger partial charge in [0.1, 0.15) is 11.5 Å². The zero-order valence-corrected chi connectivity index (χ0v) is 22.5. The van der Waals surface area contributed by atoms with Crippen LogP contribution in [0.5, 0.6) is 0 Å². The van der Waals surface area contributed by atoms with Crippen LogP contribution in [-0.2, 0) is 17.7 Å². The highest BCUT2D eigenvalue weighted by Gasteiger charge is 2.35. The Bertz CT molecular complexity index is 1210. The van der Waals surface area contributed by atoms with Crippen molar-refractivity contribution < 1.29 is 4.74 Å². The first-order chi connectivity index (χ1) is 16.9. The van der Waals surface area contributed by atoms with Gasteiger partial charge >= 0.3 is 0 Å². The van der Waals surface area contributed by atoms with Gasteiger partial charge in [-0.1, -0.05) is 18.5 Å². The van der Waals surface area contributed by atoms with Gasteiger partial charge in [0.2, 0.25) is 0 Å². The summed E-state index contributed by atoms with van der Waals surface area (Å²) < 4.78 is 7.74. The van der Waals surface area contributed by atoms with Crippen molar-refractivity contribution in [2.24, 2.45) is 0 Å². The van der Waals surface area contributed by atoms with Crippen molar-refractivity contribution in [3.05, 3.63) is 50.8 Å². The van der Waals surface area contributed by atoms with E-state index in [4.69, 9.17) is 21.3 Å². The summed E-state index contributed by atoms with van der Waals surface area (Å²) in [5, 5.41) is 7.03. The first-order valence-corrected chi connectivity index (χ1v) is 13.3. The van der Waals surface area contributed by atoms with Crippen molar-refractivity contribution in [1.82, 2.24) is 14.5 Å². The number of hydrogen-bond donors (Lipinski definition) is 1. The number of thiazole rings is 1. The molecule has 1 aliphatic rings. The van der Waals surface area contributed by atoms with Gasteiger partial charge in [-0.05, 0) is 38.5 Å². The van der Waals surface area contributed by atoms with E-state index in [1.807, 2.05) is 69.5 Å². The summed E-state index contributed by atoms with van der Waals surface area (Å²) in [6.07, 6.45) is 2.37. The number of aryl methyl sites for hydroxylation is 1. The Morgan fingerprint density at radius 2 is 2.06 bits per heavy atom. The summed E-state index contributed by atoms with van der Waals surface area (Å²) in [5.74, 6) is 0.590. The van der Waals surface area contributed by atoms with Gasteiger partial charge in [0.05, 0.1) is 22.9 Å². The standard InChI is InChI=1S/C25H33ClN6O2S/c1-6-19-22(28-20-14-31(15-21(20)34-8-3)25-27-11-12-35-25)24(33)32(7-2)23(29-19)17-10-9-16(30(4)5)13-18(17)26/h9-13,20-21,28H,6-8,14-15H2,1-5H3/t20-,21-/m1/s1. The van der Waals surface area contributed by atoms with E-state index in [1.54, 1.807) is 15.9 Å². The number of hydrogen-bond acceptors (Lipinski definition) is 8. The van der Waals surface area contributed by atoms with E-state index in [9.17, 15) is 4.79 Å². The highest BCUT2D eigenvalue weighted by atomic mass is 35.5. The predicted molar refractivity (Wildman–Crippen MR) is 145 cm³/mol. The summed E-state index contributed by atoms with van der Waals surface area (Å²) >= 11 is 8.26. The lowest BCUT2D eigenvalue weighted by atomic mass is 10.1. The minimum absolute atomic E-state index is 0.0576. The lowest BCUT2D eigenvalue weighted by molar-refractivity contribution is 0.0720. The molecule has 0 unspecified atom stereocenters. The van der Waals surface area contributed by atoms with Crippen LogP contribution in [0, 0.1) is 0 Å². The molecular formula is C25H33ClN6O2S. The van der Waals surface area contributed by atoms with Crippen LogP contribution in [0.25, 0.3) is 11.4 Å². The molecule has 3 heterocycles. The fraction of sp³-hybridized carbons (Fsp3) is 0.480. The predicted octanol–water partition coefficient (Wildman–Crippen LogP) is 4.37. The van der Waals surface area contributed by atoms with Crippen LogP contribution in [0.15, 0.2) is 34.6 Å². The Balaban J connectivity index is 1.72. The van der Waals surface area contributed by atoms with Gasteiger partial charge in [-0.2, -0.15) is 0 Å². The second-order valence-corrected chi connectivity index (χ2v) is 9.96. The molecular weight excluding hydrogens is 484 g/mol. The third kappa shape index (κ3) is 5.17. The van der Waals surface area contributed by atoms with Crippen LogP contribution in [0.2, 0.25) is 5.02 Å². The van der Waals surface area contributed by atoms with Crippen molar-refractivity contribution in [2.75, 3.05) is 48.9 Å². The summed E-state index contributed by atoms with van der Waals surface area (Å²) in [4.78, 5) is 27.4. The van der Waals surface area contributed by atoms with Gasteiger partial charge in [0, 0.05) is 63.2 Å². The van der Waals surface area contributed by atoms with Gasteiger partial charge in [0.15, 0.2) is 5.13 Å². The van der Waals surface area contributed by atoms with Crippen LogP contribution in [0.3, 0.4) is 0 Å². The fourth-order valence-electron chi connectivity index (χ4n) is 4.47. The molecule has 188 valence electrons. The van der Waals surface area contributed by atoms with E-state index in [1.165, 1.54) is 0 Å². The number of nitrogens with one attached hydrogen (secondary N) is 1. The molecule has 0 bridgehead atoms. The number of nitrogens with zero attached hydrogens (tertiary/aromatic N) is 5. The monoisotopic (exact) mass is 516 g/mol. The SMILES string of the molecule is CCO[C@@H]1CN(c2nccs2)C[C@H]1Nc1c(CC)nc(-c2ccc(N(C)C)cc2Cl)n(CC)c1=O. The molecule has 1 saturated heterocycles. The number of anilines is 3. The maximum atomic E-state index is 13.8. The third-order valence-corrected chi connectivity index (χ3v) is 7.42. The van der Waals surface area contributed by atoms with Gasteiger partial charge < -0.3 is 19.9 Å². The Morgan fingerprint density at radius 1 is 1.26 bits per heavy atom. The van der Waals surface area contributed by atoms with E-state index in [0.717, 1.165) is 28.6 Å². The van der Waals surface area contributed by atoms with Gasteiger partial charge in [-0.15, -0.1) is 11.3 Å². The second kappa shape index (κ2) is 11.0. The molecule has 8 nitrogen and oxygen atoms in total. The third-order valence-electron chi connectivity index (χ3n) is 6.27. The van der Waals surface area contributed by atoms with Gasteiger partial charge in [-0.25, -0.2) is 9.97 Å². The minimum Gasteiger partial charge on any atom is -0.378 e. The molecule has 2 atom stereocenters. The summed E-state index contributed by atoms with van der Waals surface area (Å²) in [7, 11) is 3.94. The fourth-order valence-corrected chi connectivity index (χ4v) is 5.39. The number of rotatable bonds is 9. The average molecular weight is 517 g/mol. The van der Waals surface area contributed by atoms with Gasteiger partial charge in [0.25, 0.3) is 5.56 Å². The number of aromatic nitrogens is 3. The molecule has 10 heteroatoms. The highest BCUT2D eigenvalue weighted by molar-refractivity contribution is 7.13. The normalized spacial score (nSPS) is 17.7. The van der Waals surface area contributed by atoms with Crippen molar-refractivity contribution in [1.29, 1.82) is 0 Å². The molecule has 35 heavy (non-hydrogen) atoms. The van der Waals surface area contributed by atoms with Crippen molar-refractivity contribution >= 4 is 39.4 Å². The van der Waals surface area contributed by atoms with Crippen molar-refractivity contribution in [2.45, 2.75) is 45.9 Å². The molecule has 1 aliphatic heterocycles. The lowest BCUT2D eigenvalue weighted by Gasteiger charge is -2.23. The van der Waals surface area contributed by atoms with Gasteiger partial charge in [-0.3, -0.25) is 9.36 Å². The summed E-state index contributed by atoms with van der Waals surface area (Å²) in [6.45, 7) is 8.47. The van der Waals surface area contributed by atoms with Crippen LogP contribution < -0.4 is 20.7 Å². The highest BCUT2D eigenvalue weighted by Crippen LogP contribution is 2.31. The van der Waals surface area contributed by atoms with Crippen LogP contribution in [-0.4, -0.2) is 60.5 Å². The number of benzene rings is 1. The van der Waals surface area contributed by atoms with E-state index in [-0.39, 0.29) is 17.7 Å². The zero-order valence-electron chi connectivity index (χ0n) is 20.9.